The van der Waals surface area contributed by atoms with Gasteiger partial charge in [0, 0.05) is 6.54 Å². The maximum atomic E-state index is 12.7. The van der Waals surface area contributed by atoms with Crippen LogP contribution >= 0.6 is 11.3 Å². The molecule has 0 aliphatic carbocycles. The number of ether oxygens (including phenoxy) is 2. The monoisotopic (exact) mass is 600 g/mol. The molecule has 0 radical (unpaired) electrons. The molecule has 19 heteroatoms. The average Bonchev–Trinajstić information content (AvgIpc) is 3.14. The van der Waals surface area contributed by atoms with Crippen molar-refractivity contribution in [3.8, 4) is 0 Å². The maximum absolute atomic E-state index is 12.7. The van der Waals surface area contributed by atoms with Crippen molar-refractivity contribution in [3.05, 3.63) is 20.2 Å². The third kappa shape index (κ3) is 9.16. The summed E-state index contributed by atoms with van der Waals surface area (Å²) in [5.41, 5.74) is -1.21. The number of nitrogens with one attached hydrogen (secondary N) is 2. The molecule has 1 aromatic heterocycles. The van der Waals surface area contributed by atoms with Crippen LogP contribution in [0.2, 0.25) is 0 Å². The number of guanidine groups is 1. The molecule has 2 bridgehead atoms. The van der Waals surface area contributed by atoms with Crippen LogP contribution in [0.4, 0.5) is 14.4 Å². The van der Waals surface area contributed by atoms with E-state index in [2.05, 4.69) is 19.9 Å². The number of hydrogen-bond acceptors (Lipinski definition) is 12. The molecule has 16 nitrogen and oxygen atoms in total. The van der Waals surface area contributed by atoms with Gasteiger partial charge in [-0.3, -0.25) is 25.0 Å². The van der Waals surface area contributed by atoms with Crippen LogP contribution in [0, 0.1) is 0 Å². The molecule has 0 aromatic carbocycles. The second-order valence-corrected chi connectivity index (χ2v) is 12.3. The number of alkyl carbamates (subject to hydrolysis) is 2. The average molecular weight is 601 g/mol. The fraction of sp³-hybridized carbons (Fsp3) is 0.650. The zero-order chi connectivity index (χ0) is 28.6. The Morgan fingerprint density at radius 1 is 1.08 bits per heavy atom. The Hall–Kier alpha value is -2.22. The van der Waals surface area contributed by atoms with Crippen LogP contribution in [0.3, 0.4) is 0 Å². The van der Waals surface area contributed by atoms with E-state index in [0.717, 1.165) is 11.3 Å². The molecule has 39 heavy (non-hydrogen) atoms. The minimum Gasteiger partial charge on any atom is -0.724 e. The first kappa shape index (κ1) is 33.0. The van der Waals surface area contributed by atoms with E-state index in [0.29, 0.717) is 15.6 Å². The fourth-order valence-electron chi connectivity index (χ4n) is 3.59. The van der Waals surface area contributed by atoms with Gasteiger partial charge in [0.15, 0.2) is 0 Å². The Kier molecular flexibility index (Phi) is 10.2. The summed E-state index contributed by atoms with van der Waals surface area (Å²) in [6.45, 7) is 9.84. The number of amides is 4. The van der Waals surface area contributed by atoms with Crippen LogP contribution in [-0.4, -0.2) is 76.0 Å². The largest absolute Gasteiger partial charge is 1.00 e. The molecule has 1 fully saturated rings. The second-order valence-electron chi connectivity index (χ2n) is 10.3. The second kappa shape index (κ2) is 12.1. The van der Waals surface area contributed by atoms with Crippen LogP contribution < -0.4 is 45.1 Å². The van der Waals surface area contributed by atoms with Gasteiger partial charge in [0.05, 0.1) is 30.2 Å². The first-order valence-electron chi connectivity index (χ1n) is 11.3. The predicted molar refractivity (Wildman–Crippen MR) is 131 cm³/mol. The molecule has 2 aliphatic heterocycles. The van der Waals surface area contributed by atoms with Gasteiger partial charge < -0.3 is 18.9 Å². The van der Waals surface area contributed by atoms with E-state index in [1.807, 2.05) is 0 Å². The van der Waals surface area contributed by atoms with Crippen LogP contribution in [0.15, 0.2) is 9.79 Å². The third-order valence-electron chi connectivity index (χ3n) is 4.81. The summed E-state index contributed by atoms with van der Waals surface area (Å²) >= 11 is 0.783. The molecule has 1 saturated heterocycles. The van der Waals surface area contributed by atoms with Gasteiger partial charge in [-0.15, -0.1) is 0 Å². The molecule has 0 saturated carbocycles. The fourth-order valence-corrected chi connectivity index (χ4v) is 5.06. The molecular formula is C20H29N6NaO10S2. The van der Waals surface area contributed by atoms with Crippen molar-refractivity contribution < 1.29 is 70.7 Å². The standard InChI is InChI=1S/C20H30N6O10S2.Na/c1-19(2,3)34-15(27)22-14(23-16(28)35-20(4,5)6)21-7-8-25-11-9-24-10-12(13(11)37-18(25)30)26(17(24)29)36-38(31,32)33;/h12H,7-10H2,1-6H3,(H,31,32,33)(H2,21,22,23,27,28);/q;+1/p-1. The molecule has 3 rings (SSSR count). The maximum Gasteiger partial charge on any atom is 1.00 e. The minimum atomic E-state index is -5.21. The summed E-state index contributed by atoms with van der Waals surface area (Å²) in [5, 5.41) is 5.13. The summed E-state index contributed by atoms with van der Waals surface area (Å²) in [6, 6.07) is -1.77. The summed E-state index contributed by atoms with van der Waals surface area (Å²) in [7, 11) is -5.21. The molecule has 2 aliphatic rings. The molecule has 1 aromatic rings. The SMILES string of the molecule is CC(C)(C)OC(=O)NC(=NCCn1c2c(sc1=O)C1CN(C2)C(=O)N1OS(=O)(=O)[O-])NC(=O)OC(C)(C)C.[Na+]. The van der Waals surface area contributed by atoms with Crippen LogP contribution in [-0.2, 0) is 37.2 Å². The zero-order valence-corrected chi connectivity index (χ0v) is 26.2. The van der Waals surface area contributed by atoms with Gasteiger partial charge in [-0.1, -0.05) is 11.3 Å². The number of rotatable bonds is 5. The molecule has 0 spiro atoms. The Balaban J connectivity index is 0.00000533. The van der Waals surface area contributed by atoms with Crippen molar-refractivity contribution in [2.24, 2.45) is 4.99 Å². The number of thiazole rings is 1. The summed E-state index contributed by atoms with van der Waals surface area (Å²) < 4.78 is 49.2. The normalized spacial score (nSPS) is 16.7. The van der Waals surface area contributed by atoms with Crippen molar-refractivity contribution in [2.75, 3.05) is 13.1 Å². The third-order valence-corrected chi connectivity index (χ3v) is 6.28. The van der Waals surface area contributed by atoms with E-state index < -0.39 is 50.7 Å². The van der Waals surface area contributed by atoms with E-state index in [-0.39, 0.29) is 61.7 Å². The van der Waals surface area contributed by atoms with Crippen LogP contribution in [0.5, 0.6) is 0 Å². The van der Waals surface area contributed by atoms with Crippen LogP contribution in [0.1, 0.15) is 58.2 Å². The summed E-state index contributed by atoms with van der Waals surface area (Å²) in [6.07, 6.45) is -1.76. The number of urea groups is 1. The zero-order valence-electron chi connectivity index (χ0n) is 22.6. The predicted octanol–water partition coefficient (Wildman–Crippen LogP) is -2.00. The first-order valence-corrected chi connectivity index (χ1v) is 13.5. The topological polar surface area (TPSA) is 201 Å². The molecule has 1 unspecified atom stereocenters. The number of nitrogens with zero attached hydrogens (tertiary/aromatic N) is 4. The number of carbonyl (C=O) groups excluding carboxylic acids is 3. The number of aromatic nitrogens is 1. The molecule has 4 amide bonds. The van der Waals surface area contributed by atoms with Gasteiger partial charge in [0.25, 0.3) is 0 Å². The number of hydroxylamine groups is 2. The van der Waals surface area contributed by atoms with Gasteiger partial charge in [-0.25, -0.2) is 22.8 Å². The minimum absolute atomic E-state index is 0. The summed E-state index contributed by atoms with van der Waals surface area (Å²) in [5.74, 6) is -0.273. The Bertz CT molecular complexity index is 1280. The molecule has 212 valence electrons. The smallest absolute Gasteiger partial charge is 0.724 e. The van der Waals surface area contributed by atoms with Gasteiger partial charge in [-0.2, -0.15) is 9.35 Å². The van der Waals surface area contributed by atoms with Gasteiger partial charge >= 0.3 is 52.6 Å². The van der Waals surface area contributed by atoms with E-state index in [4.69, 9.17) is 9.47 Å². The molecular weight excluding hydrogens is 571 g/mol. The van der Waals surface area contributed by atoms with Crippen molar-refractivity contribution in [1.82, 2.24) is 25.2 Å². The molecule has 2 N–H and O–H groups in total. The van der Waals surface area contributed by atoms with Crippen LogP contribution in [0.25, 0.3) is 0 Å². The van der Waals surface area contributed by atoms with Crippen molar-refractivity contribution >= 4 is 45.9 Å². The van der Waals surface area contributed by atoms with Crippen molar-refractivity contribution in [1.29, 1.82) is 0 Å². The molecule has 1 atom stereocenters. The number of aliphatic imine (C=N–C) groups is 1. The Morgan fingerprint density at radius 2 is 1.62 bits per heavy atom. The van der Waals surface area contributed by atoms with Gasteiger partial charge in [-0.05, 0) is 41.5 Å². The number of hydrogen-bond donors (Lipinski definition) is 2. The Morgan fingerprint density at radius 3 is 2.10 bits per heavy atom. The van der Waals surface area contributed by atoms with Crippen molar-refractivity contribution in [2.45, 2.75) is 71.9 Å². The van der Waals surface area contributed by atoms with E-state index >= 15 is 0 Å². The van der Waals surface area contributed by atoms with E-state index in [1.54, 1.807) is 41.5 Å². The quantitative estimate of drug-likeness (QED) is 0.125. The van der Waals surface area contributed by atoms with E-state index in [1.165, 1.54) is 9.47 Å². The Labute approximate surface area is 250 Å². The van der Waals surface area contributed by atoms with Gasteiger partial charge in [0.1, 0.15) is 17.2 Å². The van der Waals surface area contributed by atoms with E-state index in [9.17, 15) is 32.1 Å². The first-order chi connectivity index (χ1) is 17.3. The molecule has 3 heterocycles. The van der Waals surface area contributed by atoms with Gasteiger partial charge in [0.2, 0.25) is 16.4 Å². The number of fused-ring (bicyclic) bond motifs is 4. The number of carbonyl (C=O) groups is 3. The summed E-state index contributed by atoms with van der Waals surface area (Å²) in [4.78, 5) is 55.0. The van der Waals surface area contributed by atoms with Crippen molar-refractivity contribution in [3.63, 3.8) is 0 Å².